The summed E-state index contributed by atoms with van der Waals surface area (Å²) in [5, 5.41) is 12.2. The van der Waals surface area contributed by atoms with E-state index in [1.807, 2.05) is 47.9 Å². The third-order valence-corrected chi connectivity index (χ3v) is 4.89. The van der Waals surface area contributed by atoms with Gasteiger partial charge in [0.2, 0.25) is 5.91 Å². The molecule has 3 aromatic rings. The first-order chi connectivity index (χ1) is 12.1. The second kappa shape index (κ2) is 8.22. The van der Waals surface area contributed by atoms with E-state index < -0.39 is 0 Å². The summed E-state index contributed by atoms with van der Waals surface area (Å²) in [6.07, 6.45) is 3.24. The van der Waals surface area contributed by atoms with E-state index >= 15 is 0 Å². The smallest absolute Gasteiger partial charge is 0.230 e. The molecule has 0 aliphatic heterocycles. The quantitative estimate of drug-likeness (QED) is 0.638. The number of halogens is 1. The van der Waals surface area contributed by atoms with Gasteiger partial charge in [0, 0.05) is 5.02 Å². The Balaban J connectivity index is 1.54. The van der Waals surface area contributed by atoms with Crippen molar-refractivity contribution in [1.29, 1.82) is 0 Å². The lowest BCUT2D eigenvalue weighted by Gasteiger charge is -2.15. The predicted octanol–water partition coefficient (Wildman–Crippen LogP) is 3.54. The summed E-state index contributed by atoms with van der Waals surface area (Å²) in [6, 6.07) is 11.0. The summed E-state index contributed by atoms with van der Waals surface area (Å²) < 4.78 is 7.16. The molecule has 0 saturated heterocycles. The van der Waals surface area contributed by atoms with Gasteiger partial charge in [-0.1, -0.05) is 41.6 Å². The molecule has 8 heteroatoms. The SMILES string of the molecule is CC(NC(=O)CSc1nncn1Cc1ccco1)c1ccccc1Cl. The lowest BCUT2D eigenvalue weighted by atomic mass is 10.1. The summed E-state index contributed by atoms with van der Waals surface area (Å²) >= 11 is 7.49. The molecule has 2 aromatic heterocycles. The summed E-state index contributed by atoms with van der Waals surface area (Å²) in [6.45, 7) is 2.43. The maximum atomic E-state index is 12.2. The van der Waals surface area contributed by atoms with Crippen molar-refractivity contribution in [1.82, 2.24) is 20.1 Å². The number of nitrogens with one attached hydrogen (secondary N) is 1. The van der Waals surface area contributed by atoms with Crippen molar-refractivity contribution in [2.45, 2.75) is 24.7 Å². The molecule has 0 aliphatic carbocycles. The van der Waals surface area contributed by atoms with E-state index in [9.17, 15) is 4.79 Å². The fourth-order valence-corrected chi connectivity index (χ4v) is 3.38. The van der Waals surface area contributed by atoms with Gasteiger partial charge in [0.15, 0.2) is 5.16 Å². The van der Waals surface area contributed by atoms with Crippen molar-refractivity contribution in [2.24, 2.45) is 0 Å². The first kappa shape index (κ1) is 17.6. The lowest BCUT2D eigenvalue weighted by Crippen LogP contribution is -2.28. The molecule has 1 N–H and O–H groups in total. The molecule has 0 saturated carbocycles. The molecule has 0 radical (unpaired) electrons. The highest BCUT2D eigenvalue weighted by molar-refractivity contribution is 7.99. The number of nitrogens with zero attached hydrogens (tertiary/aromatic N) is 3. The van der Waals surface area contributed by atoms with Crippen molar-refractivity contribution in [3.05, 3.63) is 65.3 Å². The van der Waals surface area contributed by atoms with Crippen LogP contribution in [0.5, 0.6) is 0 Å². The molecule has 130 valence electrons. The third kappa shape index (κ3) is 4.64. The second-order valence-electron chi connectivity index (χ2n) is 5.42. The van der Waals surface area contributed by atoms with Crippen LogP contribution in [0.4, 0.5) is 0 Å². The Morgan fingerprint density at radius 2 is 2.20 bits per heavy atom. The van der Waals surface area contributed by atoms with Crippen molar-refractivity contribution >= 4 is 29.3 Å². The Morgan fingerprint density at radius 3 is 2.96 bits per heavy atom. The highest BCUT2D eigenvalue weighted by atomic mass is 35.5. The minimum atomic E-state index is -0.164. The maximum absolute atomic E-state index is 12.2. The number of benzene rings is 1. The normalized spacial score (nSPS) is 12.1. The molecule has 1 amide bonds. The van der Waals surface area contributed by atoms with E-state index in [2.05, 4.69) is 15.5 Å². The number of carbonyl (C=O) groups is 1. The van der Waals surface area contributed by atoms with Crippen LogP contribution in [0.25, 0.3) is 0 Å². The average Bonchev–Trinajstić information content (AvgIpc) is 3.26. The molecule has 1 unspecified atom stereocenters. The molecule has 0 spiro atoms. The number of aromatic nitrogens is 3. The topological polar surface area (TPSA) is 73.0 Å². The lowest BCUT2D eigenvalue weighted by molar-refractivity contribution is -0.119. The van der Waals surface area contributed by atoms with Crippen LogP contribution in [-0.2, 0) is 11.3 Å². The van der Waals surface area contributed by atoms with Crippen LogP contribution < -0.4 is 5.32 Å². The first-order valence-corrected chi connectivity index (χ1v) is 9.06. The van der Waals surface area contributed by atoms with Crippen LogP contribution in [0.3, 0.4) is 0 Å². The van der Waals surface area contributed by atoms with Gasteiger partial charge in [0.05, 0.1) is 24.6 Å². The monoisotopic (exact) mass is 376 g/mol. The molecule has 0 fully saturated rings. The molecule has 1 aromatic carbocycles. The second-order valence-corrected chi connectivity index (χ2v) is 6.77. The van der Waals surface area contributed by atoms with Gasteiger partial charge < -0.3 is 14.3 Å². The molecule has 0 bridgehead atoms. The van der Waals surface area contributed by atoms with Crippen LogP contribution in [0, 0.1) is 0 Å². The maximum Gasteiger partial charge on any atom is 0.230 e. The van der Waals surface area contributed by atoms with Gasteiger partial charge in [-0.05, 0) is 30.7 Å². The van der Waals surface area contributed by atoms with Gasteiger partial charge in [-0.15, -0.1) is 10.2 Å². The highest BCUT2D eigenvalue weighted by Gasteiger charge is 2.14. The van der Waals surface area contributed by atoms with Gasteiger partial charge in [-0.25, -0.2) is 0 Å². The minimum Gasteiger partial charge on any atom is -0.467 e. The number of rotatable bonds is 7. The number of carbonyl (C=O) groups excluding carboxylic acids is 1. The molecule has 1 atom stereocenters. The van der Waals surface area contributed by atoms with Gasteiger partial charge >= 0.3 is 0 Å². The Morgan fingerprint density at radius 1 is 1.36 bits per heavy atom. The van der Waals surface area contributed by atoms with E-state index in [1.165, 1.54) is 11.8 Å². The number of hydrogen-bond donors (Lipinski definition) is 1. The number of furan rings is 1. The third-order valence-electron chi connectivity index (χ3n) is 3.57. The van der Waals surface area contributed by atoms with E-state index in [-0.39, 0.29) is 17.7 Å². The first-order valence-electron chi connectivity index (χ1n) is 7.70. The van der Waals surface area contributed by atoms with Crippen LogP contribution in [0.2, 0.25) is 5.02 Å². The summed E-state index contributed by atoms with van der Waals surface area (Å²) in [7, 11) is 0. The Hall–Kier alpha value is -2.25. The van der Waals surface area contributed by atoms with Gasteiger partial charge in [-0.3, -0.25) is 4.79 Å². The number of thioether (sulfide) groups is 1. The van der Waals surface area contributed by atoms with Crippen LogP contribution in [0.1, 0.15) is 24.3 Å². The summed E-state index contributed by atoms with van der Waals surface area (Å²) in [4.78, 5) is 12.2. The summed E-state index contributed by atoms with van der Waals surface area (Å²) in [5.74, 6) is 0.953. The van der Waals surface area contributed by atoms with Crippen molar-refractivity contribution < 1.29 is 9.21 Å². The molecule has 0 aliphatic rings. The Bertz CT molecular complexity index is 835. The molecule has 6 nitrogen and oxygen atoms in total. The largest absolute Gasteiger partial charge is 0.467 e. The van der Waals surface area contributed by atoms with Crippen LogP contribution in [0.15, 0.2) is 58.6 Å². The fourth-order valence-electron chi connectivity index (χ4n) is 2.35. The highest BCUT2D eigenvalue weighted by Crippen LogP contribution is 2.22. The van der Waals surface area contributed by atoms with Gasteiger partial charge in [0.1, 0.15) is 12.1 Å². The summed E-state index contributed by atoms with van der Waals surface area (Å²) in [5.41, 5.74) is 0.892. The van der Waals surface area contributed by atoms with Crippen LogP contribution in [-0.4, -0.2) is 26.4 Å². The average molecular weight is 377 g/mol. The molecular formula is C17H17ClN4O2S. The van der Waals surface area contributed by atoms with E-state index in [1.54, 1.807) is 12.6 Å². The molecule has 25 heavy (non-hydrogen) atoms. The molecule has 2 heterocycles. The van der Waals surface area contributed by atoms with E-state index in [4.69, 9.17) is 16.0 Å². The van der Waals surface area contributed by atoms with Crippen LogP contribution >= 0.6 is 23.4 Å². The zero-order valence-electron chi connectivity index (χ0n) is 13.6. The zero-order valence-corrected chi connectivity index (χ0v) is 15.1. The van der Waals surface area contributed by atoms with E-state index in [0.717, 1.165) is 11.3 Å². The van der Waals surface area contributed by atoms with E-state index in [0.29, 0.717) is 16.7 Å². The standard InChI is InChI=1S/C17H17ClN4O2S/c1-12(14-6-2-3-7-15(14)18)20-16(23)10-25-17-21-19-11-22(17)9-13-5-4-8-24-13/h2-8,11-12H,9-10H2,1H3,(H,20,23). The fraction of sp³-hybridized carbons (Fsp3) is 0.235. The number of amides is 1. The van der Waals surface area contributed by atoms with Gasteiger partial charge in [0.25, 0.3) is 0 Å². The van der Waals surface area contributed by atoms with Crippen molar-refractivity contribution in [3.8, 4) is 0 Å². The Labute approximate surface area is 154 Å². The van der Waals surface area contributed by atoms with Gasteiger partial charge in [-0.2, -0.15) is 0 Å². The van der Waals surface area contributed by atoms with Crippen molar-refractivity contribution in [3.63, 3.8) is 0 Å². The minimum absolute atomic E-state index is 0.0926. The zero-order chi connectivity index (χ0) is 17.6. The molecule has 3 rings (SSSR count). The molecular weight excluding hydrogens is 360 g/mol. The predicted molar refractivity (Wildman–Crippen MR) is 96.6 cm³/mol. The van der Waals surface area contributed by atoms with Crippen molar-refractivity contribution in [2.75, 3.05) is 5.75 Å². The Kier molecular flexibility index (Phi) is 5.78. The number of hydrogen-bond acceptors (Lipinski definition) is 5.